The second kappa shape index (κ2) is 6.62. The van der Waals surface area contributed by atoms with Crippen molar-refractivity contribution < 1.29 is 9.68 Å². The van der Waals surface area contributed by atoms with Gasteiger partial charge in [-0.05, 0) is 29.5 Å². The number of anilines is 1. The lowest BCUT2D eigenvalue weighted by Crippen LogP contribution is -2.21. The van der Waals surface area contributed by atoms with Gasteiger partial charge < -0.3 is 0 Å². The van der Waals surface area contributed by atoms with Crippen LogP contribution in [0.2, 0.25) is 0 Å². The predicted octanol–water partition coefficient (Wildman–Crippen LogP) is 3.69. The number of hydrogen-bond acceptors (Lipinski definition) is 3. The van der Waals surface area contributed by atoms with Gasteiger partial charge in [0.15, 0.2) is 0 Å². The Morgan fingerprint density at radius 1 is 1.18 bits per heavy atom. The average Bonchev–Trinajstić information content (AvgIpc) is 2.32. The molecule has 3 nitrogen and oxygen atoms in total. The Hall–Kier alpha value is -1.06. The molecule has 1 aromatic rings. The largest absolute Gasteiger partial charge is 0.252 e. The van der Waals surface area contributed by atoms with Gasteiger partial charge in [-0.2, -0.15) is 0 Å². The Kier molecular flexibility index (Phi) is 5.45. The molecule has 0 bridgehead atoms. The minimum atomic E-state index is 0.439. The van der Waals surface area contributed by atoms with Gasteiger partial charge in [-0.15, -0.1) is 5.23 Å². The molecule has 0 N–H and O–H groups in total. The molecule has 96 valence electrons. The zero-order chi connectivity index (χ0) is 12.8. The Morgan fingerprint density at radius 3 is 2.29 bits per heavy atom. The van der Waals surface area contributed by atoms with E-state index in [0.29, 0.717) is 5.92 Å². The summed E-state index contributed by atoms with van der Waals surface area (Å²) >= 11 is 0. The summed E-state index contributed by atoms with van der Waals surface area (Å²) in [4.78, 5) is 10.4. The minimum Gasteiger partial charge on any atom is -0.252 e. The highest BCUT2D eigenvalue weighted by Crippen LogP contribution is 2.29. The topological polar surface area (TPSA) is 21.7 Å². The van der Waals surface area contributed by atoms with Crippen molar-refractivity contribution in [2.45, 2.75) is 39.5 Å². The highest BCUT2D eigenvalue weighted by molar-refractivity contribution is 5.53. The Balaban J connectivity index is 3.11. The van der Waals surface area contributed by atoms with Crippen molar-refractivity contribution in [1.29, 1.82) is 0 Å². The van der Waals surface area contributed by atoms with Crippen LogP contribution in [-0.4, -0.2) is 14.2 Å². The summed E-state index contributed by atoms with van der Waals surface area (Å²) in [5, 5.41) is 1.45. The van der Waals surface area contributed by atoms with Crippen LogP contribution in [0.5, 0.6) is 0 Å². The summed E-state index contributed by atoms with van der Waals surface area (Å²) in [6.07, 6.45) is 2.27. The zero-order valence-corrected chi connectivity index (χ0v) is 11.5. The van der Waals surface area contributed by atoms with Crippen molar-refractivity contribution in [3.8, 4) is 0 Å². The average molecular weight is 237 g/mol. The van der Waals surface area contributed by atoms with Gasteiger partial charge in [0.1, 0.15) is 0 Å². The smallest absolute Gasteiger partial charge is 0.0981 e. The van der Waals surface area contributed by atoms with Gasteiger partial charge in [0.25, 0.3) is 0 Å². The van der Waals surface area contributed by atoms with E-state index in [9.17, 15) is 0 Å². The maximum Gasteiger partial charge on any atom is 0.0981 e. The fourth-order valence-corrected chi connectivity index (χ4v) is 1.95. The number of nitrogens with zero attached hydrogens (tertiary/aromatic N) is 1. The van der Waals surface area contributed by atoms with Crippen LogP contribution in [0, 0.1) is 0 Å². The Labute approximate surface area is 104 Å². The molecule has 0 aliphatic carbocycles. The SMILES string of the molecule is CCCc1ccc(N(OC)OC)c(C(C)C)c1. The first-order valence-corrected chi connectivity index (χ1v) is 6.15. The first-order valence-electron chi connectivity index (χ1n) is 6.15. The molecule has 0 saturated carbocycles. The fourth-order valence-electron chi connectivity index (χ4n) is 1.95. The summed E-state index contributed by atoms with van der Waals surface area (Å²) < 4.78 is 0. The normalized spacial score (nSPS) is 10.9. The first kappa shape index (κ1) is 14.0. The molecule has 0 saturated heterocycles. The van der Waals surface area contributed by atoms with Crippen molar-refractivity contribution in [3.63, 3.8) is 0 Å². The van der Waals surface area contributed by atoms with E-state index in [1.54, 1.807) is 14.2 Å². The van der Waals surface area contributed by atoms with E-state index in [-0.39, 0.29) is 0 Å². The van der Waals surface area contributed by atoms with Crippen LogP contribution >= 0.6 is 0 Å². The van der Waals surface area contributed by atoms with Gasteiger partial charge in [-0.25, -0.2) is 0 Å². The molecular formula is C14H23NO2. The summed E-state index contributed by atoms with van der Waals surface area (Å²) in [5.41, 5.74) is 3.59. The minimum absolute atomic E-state index is 0.439. The molecule has 1 aromatic carbocycles. The summed E-state index contributed by atoms with van der Waals surface area (Å²) in [7, 11) is 3.21. The molecule has 0 heterocycles. The van der Waals surface area contributed by atoms with E-state index < -0.39 is 0 Å². The molecule has 0 unspecified atom stereocenters. The highest BCUT2D eigenvalue weighted by Gasteiger charge is 2.14. The van der Waals surface area contributed by atoms with Crippen LogP contribution in [0.15, 0.2) is 18.2 Å². The van der Waals surface area contributed by atoms with Crippen LogP contribution in [-0.2, 0) is 16.1 Å². The summed E-state index contributed by atoms with van der Waals surface area (Å²) in [5.74, 6) is 0.439. The van der Waals surface area contributed by atoms with E-state index in [2.05, 4.69) is 39.0 Å². The number of rotatable bonds is 6. The highest BCUT2D eigenvalue weighted by atomic mass is 16.9. The van der Waals surface area contributed by atoms with Gasteiger partial charge in [0.2, 0.25) is 0 Å². The molecule has 0 atom stereocenters. The Bertz CT molecular complexity index is 346. The lowest BCUT2D eigenvalue weighted by molar-refractivity contribution is -0.0437. The molecule has 1 rings (SSSR count). The molecule has 3 heteroatoms. The maximum absolute atomic E-state index is 5.19. The summed E-state index contributed by atoms with van der Waals surface area (Å²) in [6, 6.07) is 6.44. The number of benzene rings is 1. The third kappa shape index (κ3) is 3.45. The van der Waals surface area contributed by atoms with Crippen LogP contribution < -0.4 is 5.23 Å². The van der Waals surface area contributed by atoms with Crippen molar-refractivity contribution in [2.24, 2.45) is 0 Å². The quantitative estimate of drug-likeness (QED) is 0.704. The lowest BCUT2D eigenvalue weighted by Gasteiger charge is -2.23. The predicted molar refractivity (Wildman–Crippen MR) is 71.0 cm³/mol. The van der Waals surface area contributed by atoms with Gasteiger partial charge in [-0.1, -0.05) is 39.3 Å². The van der Waals surface area contributed by atoms with Crippen molar-refractivity contribution in [2.75, 3.05) is 19.4 Å². The van der Waals surface area contributed by atoms with Crippen molar-refractivity contribution in [3.05, 3.63) is 29.3 Å². The van der Waals surface area contributed by atoms with Crippen LogP contribution in [0.25, 0.3) is 0 Å². The molecule has 0 aliphatic rings. The third-order valence-electron chi connectivity index (χ3n) is 2.78. The molecule has 0 aliphatic heterocycles. The molecule has 0 spiro atoms. The second-order valence-corrected chi connectivity index (χ2v) is 4.42. The number of aryl methyl sites for hydroxylation is 1. The number of hydrogen-bond donors (Lipinski definition) is 0. The van der Waals surface area contributed by atoms with Crippen molar-refractivity contribution >= 4 is 5.69 Å². The van der Waals surface area contributed by atoms with E-state index in [0.717, 1.165) is 18.5 Å². The van der Waals surface area contributed by atoms with Gasteiger partial charge in [0, 0.05) is 0 Å². The third-order valence-corrected chi connectivity index (χ3v) is 2.78. The summed E-state index contributed by atoms with van der Waals surface area (Å²) in [6.45, 7) is 6.55. The molecular weight excluding hydrogens is 214 g/mol. The van der Waals surface area contributed by atoms with Gasteiger partial charge in [0.05, 0.1) is 19.9 Å². The fraction of sp³-hybridized carbons (Fsp3) is 0.571. The van der Waals surface area contributed by atoms with E-state index in [1.807, 2.05) is 0 Å². The lowest BCUT2D eigenvalue weighted by atomic mass is 9.97. The van der Waals surface area contributed by atoms with Crippen LogP contribution in [0.3, 0.4) is 0 Å². The first-order chi connectivity index (χ1) is 8.13. The molecule has 0 fully saturated rings. The molecule has 0 radical (unpaired) electrons. The molecule has 0 amide bonds. The van der Waals surface area contributed by atoms with Crippen LogP contribution in [0.4, 0.5) is 5.69 Å². The van der Waals surface area contributed by atoms with Gasteiger partial charge in [-0.3, -0.25) is 9.68 Å². The van der Waals surface area contributed by atoms with E-state index in [1.165, 1.54) is 16.4 Å². The second-order valence-electron chi connectivity index (χ2n) is 4.42. The Morgan fingerprint density at radius 2 is 1.82 bits per heavy atom. The monoisotopic (exact) mass is 237 g/mol. The standard InChI is InChI=1S/C14H23NO2/c1-6-7-12-8-9-14(15(16-4)17-5)13(10-12)11(2)3/h8-11H,6-7H2,1-5H3. The van der Waals surface area contributed by atoms with E-state index in [4.69, 9.17) is 9.68 Å². The van der Waals surface area contributed by atoms with Crippen molar-refractivity contribution in [1.82, 2.24) is 0 Å². The zero-order valence-electron chi connectivity index (χ0n) is 11.5. The molecule has 17 heavy (non-hydrogen) atoms. The molecule has 0 aromatic heterocycles. The van der Waals surface area contributed by atoms with E-state index >= 15 is 0 Å². The maximum atomic E-state index is 5.19. The van der Waals surface area contributed by atoms with Gasteiger partial charge >= 0.3 is 0 Å². The van der Waals surface area contributed by atoms with Crippen LogP contribution in [0.1, 0.15) is 44.2 Å².